The number of esters is 1. The van der Waals surface area contributed by atoms with Gasteiger partial charge in [-0.05, 0) is 124 Å². The molecule has 1 unspecified atom stereocenters. The second-order valence-corrected chi connectivity index (χ2v) is 41.4. The molecule has 10 saturated heterocycles. The maximum absolute atomic E-state index is 16.2. The molecule has 49 heteroatoms. The van der Waals surface area contributed by atoms with Gasteiger partial charge in [-0.25, -0.2) is 4.79 Å². The van der Waals surface area contributed by atoms with Gasteiger partial charge in [-0.1, -0.05) is 53.2 Å². The smallest absolute Gasteiger partial charge is 0.335 e. The second-order valence-electron chi connectivity index (χ2n) is 41.4. The van der Waals surface area contributed by atoms with Crippen LogP contribution in [-0.2, 0) is 109 Å². The molecule has 26 N–H and O–H groups in total. The van der Waals surface area contributed by atoms with Crippen LogP contribution < -0.4 is 0 Å². The van der Waals surface area contributed by atoms with E-state index in [1.807, 2.05) is 0 Å². The maximum atomic E-state index is 16.2. The molecule has 10 aliphatic heterocycles. The van der Waals surface area contributed by atoms with E-state index in [9.17, 15) is 142 Å². The summed E-state index contributed by atoms with van der Waals surface area (Å²) in [7, 11) is 0. The molecule has 0 aromatic rings. The van der Waals surface area contributed by atoms with Gasteiger partial charge >= 0.3 is 11.9 Å². The van der Waals surface area contributed by atoms with Crippen LogP contribution in [0.1, 0.15) is 127 Å². The Labute approximate surface area is 780 Å². The highest BCUT2D eigenvalue weighted by molar-refractivity contribution is 5.79. The molecule has 56 atom stereocenters. The second kappa shape index (κ2) is 41.5. The van der Waals surface area contributed by atoms with Crippen LogP contribution in [-0.4, -0.2) is 485 Å². The van der Waals surface area contributed by atoms with Gasteiger partial charge in [0.15, 0.2) is 62.7 Å². The van der Waals surface area contributed by atoms with Gasteiger partial charge in [0.2, 0.25) is 6.29 Å². The van der Waals surface area contributed by atoms with Gasteiger partial charge in [-0.15, -0.1) is 0 Å². The number of carbonyl (C=O) groups excluding carboxylic acids is 2. The Bertz CT molecular complexity index is 4050. The summed E-state index contributed by atoms with van der Waals surface area (Å²) in [5.74, 6) is -3.95. The summed E-state index contributed by atoms with van der Waals surface area (Å²) in [6, 6.07) is 0. The van der Waals surface area contributed by atoms with Crippen molar-refractivity contribution in [2.75, 3.05) is 39.6 Å². The van der Waals surface area contributed by atoms with Crippen molar-refractivity contribution < 1.29 is 242 Å². The van der Waals surface area contributed by atoms with Gasteiger partial charge in [0.05, 0.1) is 74.9 Å². The summed E-state index contributed by atoms with van der Waals surface area (Å²) in [6.07, 6.45) is -85.7. The van der Waals surface area contributed by atoms with Crippen molar-refractivity contribution >= 4 is 18.2 Å². The lowest BCUT2D eigenvalue weighted by molar-refractivity contribution is -0.404. The molecular weight excluding hydrogens is 1830 g/mol. The van der Waals surface area contributed by atoms with Gasteiger partial charge in [-0.3, -0.25) is 4.79 Å². The third-order valence-corrected chi connectivity index (χ3v) is 32.8. The van der Waals surface area contributed by atoms with Crippen LogP contribution in [0.4, 0.5) is 0 Å². The number of hydrogen-bond acceptors (Lipinski definition) is 48. The molecular formula is C87H138O49. The zero-order valence-corrected chi connectivity index (χ0v) is 76.4. The van der Waals surface area contributed by atoms with E-state index in [0.29, 0.717) is 44.9 Å². The van der Waals surface area contributed by atoms with Crippen molar-refractivity contribution in [3.05, 3.63) is 11.6 Å². The van der Waals surface area contributed by atoms with E-state index in [1.165, 1.54) is 20.8 Å². The number of carboxylic acids is 1. The normalized spacial score (nSPS) is 55.0. The Morgan fingerprint density at radius 3 is 1.36 bits per heavy atom. The molecule has 4 saturated carbocycles. The Morgan fingerprint density at radius 2 is 0.816 bits per heavy atom. The highest BCUT2D eigenvalue weighted by Crippen LogP contribution is 2.76. The predicted molar refractivity (Wildman–Crippen MR) is 437 cm³/mol. The van der Waals surface area contributed by atoms with Crippen molar-refractivity contribution in [3.8, 4) is 0 Å². The lowest BCUT2D eigenvalue weighted by Gasteiger charge is -2.71. The molecule has 15 rings (SSSR count). The first-order chi connectivity index (χ1) is 64.0. The molecule has 0 aromatic carbocycles. The number of allylic oxidation sites excluding steroid dienone is 2. The van der Waals surface area contributed by atoms with Crippen LogP contribution in [0.25, 0.3) is 0 Å². The van der Waals surface area contributed by atoms with Crippen LogP contribution in [0.3, 0.4) is 0 Å². The van der Waals surface area contributed by atoms with E-state index < -0.39 is 391 Å². The minimum Gasteiger partial charge on any atom is -0.479 e. The minimum atomic E-state index is -2.35. The van der Waals surface area contributed by atoms with Crippen molar-refractivity contribution in [2.45, 2.75) is 421 Å². The lowest BCUT2D eigenvalue weighted by Crippen LogP contribution is -2.69. The first-order valence-corrected chi connectivity index (χ1v) is 46.7. The number of aldehydes is 1. The van der Waals surface area contributed by atoms with E-state index >= 15 is 4.79 Å². The average Bonchev–Trinajstić information content (AvgIpc) is 0.671. The largest absolute Gasteiger partial charge is 0.479 e. The van der Waals surface area contributed by atoms with E-state index in [4.69, 9.17) is 94.7 Å². The minimum absolute atomic E-state index is 0.0405. The first-order valence-electron chi connectivity index (χ1n) is 46.7. The number of aliphatic hydroxyl groups excluding tert-OH is 25. The summed E-state index contributed by atoms with van der Waals surface area (Å²) < 4.78 is 122. The fourth-order valence-electron chi connectivity index (χ4n) is 24.2. The molecule has 0 radical (unpaired) electrons. The molecule has 136 heavy (non-hydrogen) atoms. The summed E-state index contributed by atoms with van der Waals surface area (Å²) in [4.78, 5) is 44.7. The Kier molecular flexibility index (Phi) is 32.6. The molecule has 0 amide bonds. The highest BCUT2D eigenvalue weighted by atomic mass is 16.8. The van der Waals surface area contributed by atoms with Gasteiger partial charge in [0, 0.05) is 0 Å². The molecule has 10 heterocycles. The molecule has 15 aliphatic rings. The summed E-state index contributed by atoms with van der Waals surface area (Å²) in [6.45, 7) is 11.6. The van der Waals surface area contributed by atoms with Crippen LogP contribution in [0, 0.1) is 50.2 Å². The Hall–Kier alpha value is -3.41. The fraction of sp³-hybridized carbons (Fsp3) is 0.943. The number of aliphatic carboxylic acids is 1. The lowest BCUT2D eigenvalue weighted by atomic mass is 9.33. The zero-order chi connectivity index (χ0) is 99.0. The van der Waals surface area contributed by atoms with E-state index in [1.54, 1.807) is 6.92 Å². The van der Waals surface area contributed by atoms with E-state index in [0.717, 1.165) is 11.9 Å². The molecule has 0 spiro atoms. The monoisotopic (exact) mass is 1970 g/mol. The topological polar surface area (TPSA) is 762 Å². The Morgan fingerprint density at radius 1 is 0.382 bits per heavy atom. The number of rotatable bonds is 25. The van der Waals surface area contributed by atoms with Crippen LogP contribution in [0.2, 0.25) is 0 Å². The summed E-state index contributed by atoms with van der Waals surface area (Å²) >= 11 is 0. The quantitative estimate of drug-likeness (QED) is 0.0175. The molecule has 0 bridgehead atoms. The first kappa shape index (κ1) is 107. The summed E-state index contributed by atoms with van der Waals surface area (Å²) in [5, 5.41) is 289. The molecule has 49 nitrogen and oxygen atoms in total. The molecule has 5 aliphatic carbocycles. The van der Waals surface area contributed by atoms with Gasteiger partial charge in [0.1, 0.15) is 208 Å². The number of carboxylic acid groups (broad SMARTS) is 1. The molecule has 0 aromatic heterocycles. The van der Waals surface area contributed by atoms with E-state index in [-0.39, 0.29) is 25.2 Å². The average molecular weight is 1970 g/mol. The third kappa shape index (κ3) is 19.2. The zero-order valence-electron chi connectivity index (χ0n) is 76.4. The maximum Gasteiger partial charge on any atom is 0.335 e. The Balaban J connectivity index is 0.700. The number of aliphatic hydroxyl groups is 25. The van der Waals surface area contributed by atoms with Gasteiger partial charge in [-0.2, -0.15) is 0 Å². The van der Waals surface area contributed by atoms with Gasteiger partial charge < -0.3 is 232 Å². The number of fused-ring (bicyclic) bond motifs is 7. The van der Waals surface area contributed by atoms with Gasteiger partial charge in [0.25, 0.3) is 0 Å². The van der Waals surface area contributed by atoms with Crippen molar-refractivity contribution in [1.29, 1.82) is 0 Å². The number of ether oxygens (including phenoxy) is 20. The highest BCUT2D eigenvalue weighted by Gasteiger charge is 2.72. The fourth-order valence-corrected chi connectivity index (χ4v) is 24.2. The van der Waals surface area contributed by atoms with Crippen molar-refractivity contribution in [1.82, 2.24) is 0 Å². The standard InChI is InChI=1S/C87H138O49/c1-28-42(94)49(101)55(107)73(120-28)134-68-65(130-79-66(132-75-57(109)51(103)46(98)36(22-89)124-75)48(100)38(26-119-79)126-71-53(105)43(95)33(92)24-117-71)61(113)78(135-69(68)70(114)115)127-41-13-14-83(6)39(84(41,7)27-91)12-15-86(9)40(83)11-10-31-32-20-82(4,5)16-18-87(32,19-17-85(31,86)8)81(116)136-77-60(112)64(63(30(3)121-77)129-72-54(106)44(96)34(93)25-118-72)131-80-67(133-76-58(110)52(104)47(99)37(23-90)125-76)59(111)62(29(2)122-80)128-74-56(108)50(102)45(97)35(21-88)123-74/h10,27-30,32-69,71-80,88-90,92-113H,11-26H2,1-9H3,(H,114,115)/t28-,29-,30+,32-,33-,34-,35+,36+,37+,38+,39+,40+,41-,42+,43-,44-,45+,46+,47-,48-,49+,50-,51-,52-,53+,54+,55+,56+,57+,58+,59+,60+,61+,62-,63-,64+,65+,66+,67+,68-,69-,71-,72-,73-,74-,75-,76-,77-,78+,79-,80-,83-,84?,85+,86+,87-/m0/s1. The predicted octanol–water partition coefficient (Wildman–Crippen LogP) is -10.8. The van der Waals surface area contributed by atoms with Crippen molar-refractivity contribution in [3.63, 3.8) is 0 Å². The molecule has 14 fully saturated rings. The van der Waals surface area contributed by atoms with Crippen LogP contribution >= 0.6 is 0 Å². The van der Waals surface area contributed by atoms with Crippen molar-refractivity contribution in [2.24, 2.45) is 50.2 Å². The molecule has 780 valence electrons. The van der Waals surface area contributed by atoms with Crippen LogP contribution in [0.5, 0.6) is 0 Å². The van der Waals surface area contributed by atoms with Crippen LogP contribution in [0.15, 0.2) is 11.6 Å². The SMILES string of the molecule is C[C@@H]1O[C@@H](O[C@H]2[C@H](O[C@@H]3OC[C@@H](O[C@@H]4OC[C@H](O)[C@H](O)[C@H]4O)[C@H](O)[C@H]3O[C@@H]3O[C@H](CO)[C@@H](O)[C@H](O)[C@H]3O)[C@@H](O)[C@H](O[C@H]3CC[C@]4(C)[C@H]5CC=C6[C@@H]7CC(C)(C)CC[C@]7(C(=O)O[C@@H]7O[C@H](C)[C@H](O[C@@H]8OC[C@H](O)[C@H](O)[C@H]8O)[C@H](O[C@@H]8O[C@@H](C)[C@H](O[C@@H]9O[C@H](CO)[C@@H](O)[C@H](O)[C@H]9O)[C@@H](O)[C@H]8O[C@@H]8O[C@H](CO)[C@H](O)[C@H](O)[C@H]8O)[C@H]7O)CC[C@@]6(C)[C@]5(C)CC[C@H]4C3(C)C=O)O[C@@H]2C(=O)O)[C@H](O)[C@H](O)[C@@H]1O. The number of hydrogen-bond donors (Lipinski definition) is 26. The third-order valence-electron chi connectivity index (χ3n) is 32.8. The number of carbonyl (C=O) groups is 3. The van der Waals surface area contributed by atoms with E-state index in [2.05, 4.69) is 40.7 Å². The summed E-state index contributed by atoms with van der Waals surface area (Å²) in [5.41, 5.74) is -4.37.